The fourth-order valence-electron chi connectivity index (χ4n) is 1.80. The Morgan fingerprint density at radius 1 is 1.25 bits per heavy atom. The van der Waals surface area contributed by atoms with Gasteiger partial charge in [-0.1, -0.05) is 19.1 Å². The molecule has 0 fully saturated rings. The standard InChI is InChI=1S/C13H20FNO/c1-4-15-13(10(3)16-5-2)11-6-8-12(14)9-7-11/h6-10,13,15H,4-5H2,1-3H3. The van der Waals surface area contributed by atoms with Crippen LogP contribution in [0.1, 0.15) is 32.4 Å². The first kappa shape index (κ1) is 13.1. The molecule has 1 aromatic rings. The van der Waals surface area contributed by atoms with Crippen molar-refractivity contribution >= 4 is 0 Å². The van der Waals surface area contributed by atoms with Crippen molar-refractivity contribution in [3.63, 3.8) is 0 Å². The fourth-order valence-corrected chi connectivity index (χ4v) is 1.80. The second-order valence-electron chi connectivity index (χ2n) is 3.75. The molecule has 0 aliphatic heterocycles. The number of halogens is 1. The van der Waals surface area contributed by atoms with E-state index in [0.717, 1.165) is 12.1 Å². The molecule has 0 amide bonds. The maximum Gasteiger partial charge on any atom is 0.123 e. The molecule has 2 unspecified atom stereocenters. The van der Waals surface area contributed by atoms with Crippen LogP contribution in [0.2, 0.25) is 0 Å². The van der Waals surface area contributed by atoms with Crippen LogP contribution in [0.4, 0.5) is 4.39 Å². The molecular formula is C13H20FNO. The first-order valence-corrected chi connectivity index (χ1v) is 5.79. The van der Waals surface area contributed by atoms with E-state index in [0.29, 0.717) is 6.61 Å². The van der Waals surface area contributed by atoms with Crippen LogP contribution in [0.3, 0.4) is 0 Å². The Hall–Kier alpha value is -0.930. The van der Waals surface area contributed by atoms with Crippen molar-refractivity contribution in [3.05, 3.63) is 35.6 Å². The van der Waals surface area contributed by atoms with Gasteiger partial charge in [-0.25, -0.2) is 4.39 Å². The highest BCUT2D eigenvalue weighted by atomic mass is 19.1. The smallest absolute Gasteiger partial charge is 0.123 e. The van der Waals surface area contributed by atoms with E-state index < -0.39 is 0 Å². The average molecular weight is 225 g/mol. The Labute approximate surface area is 96.8 Å². The van der Waals surface area contributed by atoms with Crippen LogP contribution in [-0.2, 0) is 4.74 Å². The zero-order valence-electron chi connectivity index (χ0n) is 10.2. The Kier molecular flexibility index (Phi) is 5.43. The Balaban J connectivity index is 2.79. The van der Waals surface area contributed by atoms with Gasteiger partial charge < -0.3 is 10.1 Å². The molecule has 0 radical (unpaired) electrons. The van der Waals surface area contributed by atoms with Crippen LogP contribution in [0.25, 0.3) is 0 Å². The summed E-state index contributed by atoms with van der Waals surface area (Å²) in [6.07, 6.45) is 0.0791. The minimum Gasteiger partial charge on any atom is -0.377 e. The third-order valence-electron chi connectivity index (χ3n) is 2.55. The molecule has 2 atom stereocenters. The van der Waals surface area contributed by atoms with Gasteiger partial charge in [0.05, 0.1) is 12.1 Å². The van der Waals surface area contributed by atoms with Crippen LogP contribution < -0.4 is 5.32 Å². The second-order valence-corrected chi connectivity index (χ2v) is 3.75. The molecule has 0 aliphatic carbocycles. The summed E-state index contributed by atoms with van der Waals surface area (Å²) in [6.45, 7) is 7.60. The molecule has 0 aromatic heterocycles. The first-order chi connectivity index (χ1) is 7.69. The number of likely N-dealkylation sites (N-methyl/N-ethyl adjacent to an activating group) is 1. The number of hydrogen-bond donors (Lipinski definition) is 1. The molecular weight excluding hydrogens is 205 g/mol. The maximum absolute atomic E-state index is 12.8. The number of nitrogens with one attached hydrogen (secondary N) is 1. The summed E-state index contributed by atoms with van der Waals surface area (Å²) in [5, 5.41) is 3.36. The van der Waals surface area contributed by atoms with Crippen molar-refractivity contribution in [1.29, 1.82) is 0 Å². The van der Waals surface area contributed by atoms with E-state index >= 15 is 0 Å². The predicted octanol–water partition coefficient (Wildman–Crippen LogP) is 2.90. The normalized spacial score (nSPS) is 14.8. The van der Waals surface area contributed by atoms with Gasteiger partial charge in [0.1, 0.15) is 5.82 Å². The van der Waals surface area contributed by atoms with E-state index in [1.807, 2.05) is 13.8 Å². The van der Waals surface area contributed by atoms with Gasteiger partial charge in [-0.3, -0.25) is 0 Å². The largest absolute Gasteiger partial charge is 0.377 e. The lowest BCUT2D eigenvalue weighted by Gasteiger charge is -2.25. The lowest BCUT2D eigenvalue weighted by molar-refractivity contribution is 0.0476. The van der Waals surface area contributed by atoms with Crippen molar-refractivity contribution in [2.24, 2.45) is 0 Å². The maximum atomic E-state index is 12.8. The second kappa shape index (κ2) is 6.61. The van der Waals surface area contributed by atoms with Gasteiger partial charge >= 0.3 is 0 Å². The van der Waals surface area contributed by atoms with Gasteiger partial charge in [-0.05, 0) is 38.1 Å². The average Bonchev–Trinajstić information content (AvgIpc) is 2.28. The Morgan fingerprint density at radius 3 is 2.38 bits per heavy atom. The molecule has 1 N–H and O–H groups in total. The minimum atomic E-state index is -0.205. The third kappa shape index (κ3) is 3.58. The van der Waals surface area contributed by atoms with Crippen molar-refractivity contribution < 1.29 is 9.13 Å². The monoisotopic (exact) mass is 225 g/mol. The summed E-state index contributed by atoms with van der Waals surface area (Å²) < 4.78 is 18.4. The molecule has 90 valence electrons. The van der Waals surface area contributed by atoms with E-state index in [4.69, 9.17) is 4.74 Å². The molecule has 2 nitrogen and oxygen atoms in total. The number of hydrogen-bond acceptors (Lipinski definition) is 2. The SMILES string of the molecule is CCNC(c1ccc(F)cc1)C(C)OCC. The number of ether oxygens (including phenoxy) is 1. The zero-order valence-corrected chi connectivity index (χ0v) is 10.2. The quantitative estimate of drug-likeness (QED) is 0.803. The molecule has 3 heteroatoms. The molecule has 0 aliphatic rings. The number of benzene rings is 1. The fraction of sp³-hybridized carbons (Fsp3) is 0.538. The van der Waals surface area contributed by atoms with Gasteiger partial charge in [-0.15, -0.1) is 0 Å². The van der Waals surface area contributed by atoms with Crippen LogP contribution in [0.15, 0.2) is 24.3 Å². The van der Waals surface area contributed by atoms with Gasteiger partial charge in [0.2, 0.25) is 0 Å². The van der Waals surface area contributed by atoms with Gasteiger partial charge in [0.25, 0.3) is 0 Å². The summed E-state index contributed by atoms with van der Waals surface area (Å²) in [7, 11) is 0. The summed E-state index contributed by atoms with van der Waals surface area (Å²) in [4.78, 5) is 0. The van der Waals surface area contributed by atoms with Crippen LogP contribution >= 0.6 is 0 Å². The van der Waals surface area contributed by atoms with E-state index in [9.17, 15) is 4.39 Å². The van der Waals surface area contributed by atoms with Crippen LogP contribution in [0.5, 0.6) is 0 Å². The topological polar surface area (TPSA) is 21.3 Å². The van der Waals surface area contributed by atoms with Gasteiger partial charge in [0, 0.05) is 6.61 Å². The highest BCUT2D eigenvalue weighted by Crippen LogP contribution is 2.19. The lowest BCUT2D eigenvalue weighted by atomic mass is 10.0. The Bertz CT molecular complexity index is 299. The third-order valence-corrected chi connectivity index (χ3v) is 2.55. The van der Waals surface area contributed by atoms with E-state index in [1.54, 1.807) is 12.1 Å². The van der Waals surface area contributed by atoms with E-state index in [2.05, 4.69) is 12.2 Å². The van der Waals surface area contributed by atoms with E-state index in [-0.39, 0.29) is 18.0 Å². The minimum absolute atomic E-state index is 0.0791. The molecule has 1 rings (SSSR count). The zero-order chi connectivity index (χ0) is 12.0. The Morgan fingerprint density at radius 2 is 1.88 bits per heavy atom. The molecule has 0 saturated carbocycles. The first-order valence-electron chi connectivity index (χ1n) is 5.79. The van der Waals surface area contributed by atoms with Crippen molar-refractivity contribution in [2.45, 2.75) is 32.9 Å². The summed E-state index contributed by atoms with van der Waals surface area (Å²) in [5.74, 6) is -0.205. The summed E-state index contributed by atoms with van der Waals surface area (Å²) >= 11 is 0. The summed E-state index contributed by atoms with van der Waals surface area (Å²) in [6, 6.07) is 6.69. The highest BCUT2D eigenvalue weighted by Gasteiger charge is 2.18. The molecule has 0 heterocycles. The van der Waals surface area contributed by atoms with Crippen molar-refractivity contribution in [1.82, 2.24) is 5.32 Å². The highest BCUT2D eigenvalue weighted by molar-refractivity contribution is 5.20. The molecule has 0 bridgehead atoms. The molecule has 16 heavy (non-hydrogen) atoms. The predicted molar refractivity (Wildman–Crippen MR) is 63.9 cm³/mol. The van der Waals surface area contributed by atoms with Crippen LogP contribution in [0, 0.1) is 5.82 Å². The van der Waals surface area contributed by atoms with Gasteiger partial charge in [0.15, 0.2) is 0 Å². The molecule has 0 spiro atoms. The molecule has 1 aromatic carbocycles. The summed E-state index contributed by atoms with van der Waals surface area (Å²) in [5.41, 5.74) is 1.06. The number of rotatable bonds is 6. The van der Waals surface area contributed by atoms with E-state index in [1.165, 1.54) is 12.1 Å². The van der Waals surface area contributed by atoms with Crippen LogP contribution in [-0.4, -0.2) is 19.3 Å². The molecule has 0 saturated heterocycles. The lowest BCUT2D eigenvalue weighted by Crippen LogP contribution is -2.32. The van der Waals surface area contributed by atoms with Crippen molar-refractivity contribution in [3.8, 4) is 0 Å². The van der Waals surface area contributed by atoms with Crippen molar-refractivity contribution in [2.75, 3.05) is 13.2 Å². The van der Waals surface area contributed by atoms with Gasteiger partial charge in [-0.2, -0.15) is 0 Å².